The van der Waals surface area contributed by atoms with E-state index in [-0.39, 0.29) is 12.5 Å². The minimum absolute atomic E-state index is 0.107. The van der Waals surface area contributed by atoms with Crippen molar-refractivity contribution < 1.29 is 9.53 Å². The topological polar surface area (TPSA) is 32.8 Å². The Balaban J connectivity index is 1.49. The molecule has 1 saturated heterocycles. The maximum atomic E-state index is 12.3. The summed E-state index contributed by atoms with van der Waals surface area (Å²) in [5.74, 6) is 0.913. The molecule has 0 spiro atoms. The number of benzene rings is 1. The first kappa shape index (κ1) is 14.4. The third-order valence-electron chi connectivity index (χ3n) is 4.39. The van der Waals surface area contributed by atoms with Crippen molar-refractivity contribution in [3.63, 3.8) is 0 Å². The van der Waals surface area contributed by atoms with Gasteiger partial charge in [-0.25, -0.2) is 0 Å². The number of nitrogens with zero attached hydrogens (tertiary/aromatic N) is 2. The summed E-state index contributed by atoms with van der Waals surface area (Å²) in [6.45, 7) is 5.99. The quantitative estimate of drug-likeness (QED) is 0.850. The number of rotatable bonds is 4. The maximum absolute atomic E-state index is 12.3. The number of aryl methyl sites for hydroxylation is 1. The van der Waals surface area contributed by atoms with Crippen LogP contribution < -0.4 is 4.74 Å². The van der Waals surface area contributed by atoms with E-state index in [1.165, 1.54) is 12.8 Å². The molecule has 0 bridgehead atoms. The molecule has 114 valence electrons. The van der Waals surface area contributed by atoms with Crippen molar-refractivity contribution in [2.75, 3.05) is 32.8 Å². The molecular weight excluding hydrogens is 264 g/mol. The molecule has 1 aliphatic heterocycles. The molecule has 2 fully saturated rings. The second-order valence-corrected chi connectivity index (χ2v) is 6.06. The fourth-order valence-electron chi connectivity index (χ4n) is 2.94. The highest BCUT2D eigenvalue weighted by Crippen LogP contribution is 2.27. The summed E-state index contributed by atoms with van der Waals surface area (Å²) in [6.07, 6.45) is 3.75. The van der Waals surface area contributed by atoms with Crippen LogP contribution in [0.15, 0.2) is 24.3 Å². The van der Waals surface area contributed by atoms with Gasteiger partial charge in [0.15, 0.2) is 6.61 Å². The lowest BCUT2D eigenvalue weighted by Gasteiger charge is -2.22. The summed E-state index contributed by atoms with van der Waals surface area (Å²) >= 11 is 0. The van der Waals surface area contributed by atoms with Crippen LogP contribution in [0.1, 0.15) is 24.8 Å². The van der Waals surface area contributed by atoms with Gasteiger partial charge in [0.1, 0.15) is 5.75 Å². The number of hydrogen-bond donors (Lipinski definition) is 0. The van der Waals surface area contributed by atoms with E-state index in [1.54, 1.807) is 0 Å². The largest absolute Gasteiger partial charge is 0.484 e. The lowest BCUT2D eigenvalue weighted by Crippen LogP contribution is -2.38. The fourth-order valence-corrected chi connectivity index (χ4v) is 2.94. The Morgan fingerprint density at radius 1 is 1.19 bits per heavy atom. The number of hydrogen-bond acceptors (Lipinski definition) is 3. The minimum Gasteiger partial charge on any atom is -0.484 e. The van der Waals surface area contributed by atoms with Crippen LogP contribution in [0, 0.1) is 6.92 Å². The number of amides is 1. The zero-order valence-corrected chi connectivity index (χ0v) is 12.8. The molecule has 2 aliphatic rings. The highest BCUT2D eigenvalue weighted by atomic mass is 16.5. The Labute approximate surface area is 126 Å². The molecule has 0 unspecified atom stereocenters. The van der Waals surface area contributed by atoms with Crippen LogP contribution in [0.5, 0.6) is 5.75 Å². The Bertz CT molecular complexity index is 499. The van der Waals surface area contributed by atoms with E-state index in [0.717, 1.165) is 50.0 Å². The van der Waals surface area contributed by atoms with Crippen LogP contribution in [0.25, 0.3) is 0 Å². The van der Waals surface area contributed by atoms with Gasteiger partial charge in [-0.1, -0.05) is 18.2 Å². The van der Waals surface area contributed by atoms with Crippen molar-refractivity contribution in [3.05, 3.63) is 29.8 Å². The molecule has 1 saturated carbocycles. The Hall–Kier alpha value is -1.55. The summed E-state index contributed by atoms with van der Waals surface area (Å²) in [7, 11) is 0. The van der Waals surface area contributed by atoms with Crippen LogP contribution in [-0.4, -0.2) is 54.5 Å². The second-order valence-electron chi connectivity index (χ2n) is 6.06. The number of ether oxygens (including phenoxy) is 1. The average Bonchev–Trinajstić information content (AvgIpc) is 3.31. The van der Waals surface area contributed by atoms with E-state index in [4.69, 9.17) is 4.74 Å². The van der Waals surface area contributed by atoms with E-state index in [1.807, 2.05) is 36.1 Å². The summed E-state index contributed by atoms with van der Waals surface area (Å²) in [5.41, 5.74) is 1.07. The lowest BCUT2D eigenvalue weighted by molar-refractivity contribution is -0.133. The van der Waals surface area contributed by atoms with Gasteiger partial charge in [-0.3, -0.25) is 9.69 Å². The Kier molecular flexibility index (Phi) is 4.44. The van der Waals surface area contributed by atoms with Gasteiger partial charge in [0, 0.05) is 32.2 Å². The molecule has 1 aromatic rings. The molecule has 0 atom stereocenters. The molecule has 1 aliphatic carbocycles. The lowest BCUT2D eigenvalue weighted by atomic mass is 10.2. The molecule has 4 heteroatoms. The zero-order valence-electron chi connectivity index (χ0n) is 12.8. The molecule has 1 heterocycles. The van der Waals surface area contributed by atoms with Gasteiger partial charge >= 0.3 is 0 Å². The highest BCUT2D eigenvalue weighted by molar-refractivity contribution is 5.77. The second kappa shape index (κ2) is 6.48. The first-order valence-corrected chi connectivity index (χ1v) is 7.94. The van der Waals surface area contributed by atoms with Crippen LogP contribution in [0.2, 0.25) is 0 Å². The van der Waals surface area contributed by atoms with Crippen LogP contribution >= 0.6 is 0 Å². The molecule has 0 N–H and O–H groups in total. The standard InChI is InChI=1S/C17H24N2O2/c1-14-5-2-3-6-16(14)21-13-17(20)19-10-4-9-18(11-12-19)15-7-8-15/h2-3,5-6,15H,4,7-13H2,1H3. The predicted octanol–water partition coefficient (Wildman–Crippen LogP) is 2.07. The maximum Gasteiger partial charge on any atom is 0.260 e. The minimum atomic E-state index is 0.107. The molecule has 4 nitrogen and oxygen atoms in total. The van der Waals surface area contributed by atoms with Crippen molar-refractivity contribution in [2.45, 2.75) is 32.2 Å². The Morgan fingerprint density at radius 2 is 2.00 bits per heavy atom. The number of carbonyl (C=O) groups excluding carboxylic acids is 1. The molecule has 0 radical (unpaired) electrons. The molecule has 21 heavy (non-hydrogen) atoms. The third-order valence-corrected chi connectivity index (χ3v) is 4.39. The van der Waals surface area contributed by atoms with Gasteiger partial charge in [0.2, 0.25) is 0 Å². The Morgan fingerprint density at radius 3 is 2.76 bits per heavy atom. The monoisotopic (exact) mass is 288 g/mol. The molecule has 0 aromatic heterocycles. The van der Waals surface area contributed by atoms with Crippen molar-refractivity contribution in [1.82, 2.24) is 9.80 Å². The van der Waals surface area contributed by atoms with E-state index in [2.05, 4.69) is 4.90 Å². The van der Waals surface area contributed by atoms with E-state index in [9.17, 15) is 4.79 Å². The predicted molar refractivity (Wildman–Crippen MR) is 82.5 cm³/mol. The molecular formula is C17H24N2O2. The summed E-state index contributed by atoms with van der Waals surface area (Å²) in [4.78, 5) is 16.8. The third kappa shape index (κ3) is 3.76. The van der Waals surface area contributed by atoms with Gasteiger partial charge in [-0.15, -0.1) is 0 Å². The summed E-state index contributed by atoms with van der Waals surface area (Å²) in [5, 5.41) is 0. The van der Waals surface area contributed by atoms with E-state index in [0.29, 0.717) is 0 Å². The fraction of sp³-hybridized carbons (Fsp3) is 0.588. The highest BCUT2D eigenvalue weighted by Gasteiger charge is 2.30. The molecule has 1 aromatic carbocycles. The zero-order chi connectivity index (χ0) is 14.7. The van der Waals surface area contributed by atoms with Crippen LogP contribution in [0.3, 0.4) is 0 Å². The van der Waals surface area contributed by atoms with Crippen molar-refractivity contribution in [1.29, 1.82) is 0 Å². The van der Waals surface area contributed by atoms with Gasteiger partial charge in [0.05, 0.1) is 0 Å². The van der Waals surface area contributed by atoms with Gasteiger partial charge in [-0.2, -0.15) is 0 Å². The van der Waals surface area contributed by atoms with Gasteiger partial charge in [-0.05, 0) is 37.8 Å². The smallest absolute Gasteiger partial charge is 0.260 e. The number of para-hydroxylation sites is 1. The van der Waals surface area contributed by atoms with Gasteiger partial charge < -0.3 is 9.64 Å². The van der Waals surface area contributed by atoms with Crippen molar-refractivity contribution in [3.8, 4) is 5.75 Å². The van der Waals surface area contributed by atoms with E-state index >= 15 is 0 Å². The normalized spacial score (nSPS) is 20.1. The van der Waals surface area contributed by atoms with Crippen LogP contribution in [-0.2, 0) is 4.79 Å². The first-order valence-electron chi connectivity index (χ1n) is 7.94. The van der Waals surface area contributed by atoms with Gasteiger partial charge in [0.25, 0.3) is 5.91 Å². The van der Waals surface area contributed by atoms with Crippen LogP contribution in [0.4, 0.5) is 0 Å². The average molecular weight is 288 g/mol. The summed E-state index contributed by atoms with van der Waals surface area (Å²) < 4.78 is 5.67. The SMILES string of the molecule is Cc1ccccc1OCC(=O)N1CCCN(C2CC2)CC1. The van der Waals surface area contributed by atoms with Crippen molar-refractivity contribution in [2.24, 2.45) is 0 Å². The first-order chi connectivity index (χ1) is 10.2. The van der Waals surface area contributed by atoms with Crippen molar-refractivity contribution >= 4 is 5.91 Å². The molecule has 3 rings (SSSR count). The number of carbonyl (C=O) groups is 1. The summed E-state index contributed by atoms with van der Waals surface area (Å²) in [6, 6.07) is 8.62. The molecule has 1 amide bonds. The van der Waals surface area contributed by atoms with E-state index < -0.39 is 0 Å².